The molecule has 0 aromatic heterocycles. The van der Waals surface area contributed by atoms with E-state index in [1.54, 1.807) is 6.07 Å². The molecule has 0 heterocycles. The monoisotopic (exact) mass is 288 g/mol. The highest BCUT2D eigenvalue weighted by atomic mass is 16.5. The summed E-state index contributed by atoms with van der Waals surface area (Å²) in [7, 11) is 1.44. The molecule has 5 nitrogen and oxygen atoms in total. The van der Waals surface area contributed by atoms with Crippen LogP contribution in [0.3, 0.4) is 0 Å². The summed E-state index contributed by atoms with van der Waals surface area (Å²) in [5.41, 5.74) is 0.953. The van der Waals surface area contributed by atoms with Crippen LogP contribution >= 0.6 is 0 Å². The van der Waals surface area contributed by atoms with Gasteiger partial charge in [0.05, 0.1) is 7.11 Å². The third kappa shape index (κ3) is 3.46. The molecule has 4 N–H and O–H groups in total. The third-order valence-electron chi connectivity index (χ3n) is 3.01. The first kappa shape index (κ1) is 14.7. The van der Waals surface area contributed by atoms with Gasteiger partial charge in [-0.15, -0.1) is 0 Å². The van der Waals surface area contributed by atoms with Gasteiger partial charge in [-0.1, -0.05) is 12.2 Å². The van der Waals surface area contributed by atoms with Gasteiger partial charge < -0.3 is 25.2 Å². The van der Waals surface area contributed by atoms with E-state index in [0.717, 1.165) is 0 Å². The van der Waals surface area contributed by atoms with Crippen molar-refractivity contribution in [1.29, 1.82) is 0 Å². The van der Waals surface area contributed by atoms with Crippen LogP contribution in [0.2, 0.25) is 0 Å². The number of aliphatic hydroxyl groups excluding tert-OH is 1. The molecule has 0 aliphatic rings. The van der Waals surface area contributed by atoms with Crippen molar-refractivity contribution in [2.24, 2.45) is 0 Å². The van der Waals surface area contributed by atoms with E-state index in [0.29, 0.717) is 16.9 Å². The van der Waals surface area contributed by atoms with Crippen LogP contribution in [0.15, 0.2) is 42.5 Å². The number of hydrogen-bond acceptors (Lipinski definition) is 5. The van der Waals surface area contributed by atoms with Crippen LogP contribution in [0.5, 0.6) is 23.0 Å². The Morgan fingerprint density at radius 1 is 1.00 bits per heavy atom. The van der Waals surface area contributed by atoms with E-state index in [1.807, 2.05) is 0 Å². The number of aliphatic hydroxyl groups is 1. The number of phenols is 3. The zero-order valence-corrected chi connectivity index (χ0v) is 11.4. The highest BCUT2D eigenvalue weighted by molar-refractivity contribution is 5.59. The molecule has 1 atom stereocenters. The standard InChI is InChI=1S/C16H16O5/c1-21-16-9-12(18)5-6-13(16)14(19)7-3-10-2-4-11(17)8-15(10)20/h2-9,14,17-20H,1H3. The Kier molecular flexibility index (Phi) is 4.35. The molecular formula is C16H16O5. The Hall–Kier alpha value is -2.66. The van der Waals surface area contributed by atoms with E-state index in [1.165, 1.54) is 49.6 Å². The number of phenolic OH excluding ortho intramolecular Hbond substituents is 3. The topological polar surface area (TPSA) is 90.2 Å². The fraction of sp³-hybridized carbons (Fsp3) is 0.125. The molecule has 0 fully saturated rings. The molecule has 0 aliphatic heterocycles. The second-order valence-corrected chi connectivity index (χ2v) is 4.47. The summed E-state index contributed by atoms with van der Waals surface area (Å²) >= 11 is 0. The van der Waals surface area contributed by atoms with Crippen molar-refractivity contribution in [2.75, 3.05) is 7.11 Å². The van der Waals surface area contributed by atoms with E-state index in [4.69, 9.17) is 4.74 Å². The zero-order chi connectivity index (χ0) is 15.4. The SMILES string of the molecule is COc1cc(O)ccc1C(O)C=Cc1ccc(O)cc1O. The Labute approximate surface area is 122 Å². The van der Waals surface area contributed by atoms with Gasteiger partial charge in [-0.3, -0.25) is 0 Å². The molecule has 2 aromatic rings. The van der Waals surface area contributed by atoms with Gasteiger partial charge in [0.2, 0.25) is 0 Å². The first-order valence-electron chi connectivity index (χ1n) is 6.26. The fourth-order valence-corrected chi connectivity index (χ4v) is 1.92. The maximum atomic E-state index is 10.2. The van der Waals surface area contributed by atoms with Crippen molar-refractivity contribution >= 4 is 6.08 Å². The lowest BCUT2D eigenvalue weighted by Gasteiger charge is -2.12. The normalized spacial score (nSPS) is 12.5. The summed E-state index contributed by atoms with van der Waals surface area (Å²) in [6.07, 6.45) is 2.04. The Bertz CT molecular complexity index is 664. The molecule has 2 rings (SSSR count). The molecule has 0 radical (unpaired) electrons. The van der Waals surface area contributed by atoms with Crippen molar-refractivity contribution in [1.82, 2.24) is 0 Å². The van der Waals surface area contributed by atoms with E-state index in [-0.39, 0.29) is 17.2 Å². The number of ether oxygens (including phenoxy) is 1. The molecule has 2 aromatic carbocycles. The van der Waals surface area contributed by atoms with Crippen LogP contribution < -0.4 is 4.74 Å². The number of rotatable bonds is 4. The molecule has 0 amide bonds. The van der Waals surface area contributed by atoms with Crippen LogP contribution in [0.25, 0.3) is 6.08 Å². The predicted octanol–water partition coefficient (Wildman–Crippen LogP) is 2.56. The summed E-state index contributed by atoms with van der Waals surface area (Å²) in [6, 6.07) is 8.60. The first-order valence-corrected chi connectivity index (χ1v) is 6.26. The van der Waals surface area contributed by atoms with Gasteiger partial charge in [0.15, 0.2) is 0 Å². The lowest BCUT2D eigenvalue weighted by Crippen LogP contribution is -1.97. The van der Waals surface area contributed by atoms with Crippen molar-refractivity contribution < 1.29 is 25.2 Å². The maximum Gasteiger partial charge on any atom is 0.128 e. The van der Waals surface area contributed by atoms with E-state index < -0.39 is 6.10 Å². The smallest absolute Gasteiger partial charge is 0.128 e. The van der Waals surface area contributed by atoms with Crippen LogP contribution in [0.4, 0.5) is 0 Å². The highest BCUT2D eigenvalue weighted by Gasteiger charge is 2.11. The molecular weight excluding hydrogens is 272 g/mol. The molecule has 0 aliphatic carbocycles. The number of benzene rings is 2. The molecule has 0 spiro atoms. The summed E-state index contributed by atoms with van der Waals surface area (Å²) < 4.78 is 5.10. The summed E-state index contributed by atoms with van der Waals surface area (Å²) in [5, 5.41) is 38.4. The van der Waals surface area contributed by atoms with Crippen molar-refractivity contribution in [3.05, 3.63) is 53.6 Å². The van der Waals surface area contributed by atoms with Crippen LogP contribution in [0, 0.1) is 0 Å². The van der Waals surface area contributed by atoms with Gasteiger partial charge in [0, 0.05) is 23.3 Å². The highest BCUT2D eigenvalue weighted by Crippen LogP contribution is 2.31. The molecule has 1 unspecified atom stereocenters. The van der Waals surface area contributed by atoms with Crippen LogP contribution in [-0.4, -0.2) is 27.5 Å². The van der Waals surface area contributed by atoms with Gasteiger partial charge in [-0.2, -0.15) is 0 Å². The summed E-state index contributed by atoms with van der Waals surface area (Å²) in [6.45, 7) is 0. The van der Waals surface area contributed by atoms with Crippen LogP contribution in [-0.2, 0) is 0 Å². The van der Waals surface area contributed by atoms with Crippen molar-refractivity contribution in [3.63, 3.8) is 0 Å². The van der Waals surface area contributed by atoms with Gasteiger partial charge in [-0.25, -0.2) is 0 Å². The average Bonchev–Trinajstić information content (AvgIpc) is 2.45. The molecule has 110 valence electrons. The minimum Gasteiger partial charge on any atom is -0.508 e. The lowest BCUT2D eigenvalue weighted by atomic mass is 10.1. The predicted molar refractivity (Wildman–Crippen MR) is 78.4 cm³/mol. The second kappa shape index (κ2) is 6.19. The molecule has 0 saturated carbocycles. The van der Waals surface area contributed by atoms with E-state index in [9.17, 15) is 20.4 Å². The number of hydrogen-bond donors (Lipinski definition) is 4. The summed E-state index contributed by atoms with van der Waals surface area (Å²) in [5.74, 6) is 0.284. The Morgan fingerprint density at radius 2 is 1.67 bits per heavy atom. The zero-order valence-electron chi connectivity index (χ0n) is 11.4. The van der Waals surface area contributed by atoms with Gasteiger partial charge in [0.1, 0.15) is 29.1 Å². The largest absolute Gasteiger partial charge is 0.508 e. The average molecular weight is 288 g/mol. The van der Waals surface area contributed by atoms with Gasteiger partial charge in [-0.05, 0) is 24.3 Å². The van der Waals surface area contributed by atoms with Crippen molar-refractivity contribution in [3.8, 4) is 23.0 Å². The minimum absolute atomic E-state index is 0.0367. The maximum absolute atomic E-state index is 10.2. The Morgan fingerprint density at radius 3 is 2.33 bits per heavy atom. The van der Waals surface area contributed by atoms with Crippen LogP contribution in [0.1, 0.15) is 17.2 Å². The lowest BCUT2D eigenvalue weighted by molar-refractivity contribution is 0.223. The molecule has 21 heavy (non-hydrogen) atoms. The second-order valence-electron chi connectivity index (χ2n) is 4.47. The molecule has 0 bridgehead atoms. The molecule has 5 heteroatoms. The number of aromatic hydroxyl groups is 3. The number of methoxy groups -OCH3 is 1. The minimum atomic E-state index is -0.964. The third-order valence-corrected chi connectivity index (χ3v) is 3.01. The van der Waals surface area contributed by atoms with E-state index in [2.05, 4.69) is 0 Å². The quantitative estimate of drug-likeness (QED) is 0.694. The van der Waals surface area contributed by atoms with E-state index >= 15 is 0 Å². The summed E-state index contributed by atoms with van der Waals surface area (Å²) in [4.78, 5) is 0. The fourth-order valence-electron chi connectivity index (χ4n) is 1.92. The molecule has 0 saturated heterocycles. The van der Waals surface area contributed by atoms with Crippen molar-refractivity contribution in [2.45, 2.75) is 6.10 Å². The first-order chi connectivity index (χ1) is 10.0. The van der Waals surface area contributed by atoms with Gasteiger partial charge in [0.25, 0.3) is 0 Å². The van der Waals surface area contributed by atoms with Gasteiger partial charge >= 0.3 is 0 Å². The Balaban J connectivity index is 2.25.